The first-order valence-corrected chi connectivity index (χ1v) is 6.90. The van der Waals surface area contributed by atoms with E-state index in [1.54, 1.807) is 0 Å². The summed E-state index contributed by atoms with van der Waals surface area (Å²) in [5, 5.41) is 1.23. The standard InChI is InChI=1S/C12H23Br/c1-3-6-11(2)9-12(10-13)7-4-5-8-12/h11H,3-10H2,1-2H3. The summed E-state index contributed by atoms with van der Waals surface area (Å²) >= 11 is 3.71. The van der Waals surface area contributed by atoms with Gasteiger partial charge >= 0.3 is 0 Å². The highest BCUT2D eigenvalue weighted by Gasteiger charge is 2.33. The van der Waals surface area contributed by atoms with Gasteiger partial charge in [0.1, 0.15) is 0 Å². The summed E-state index contributed by atoms with van der Waals surface area (Å²) < 4.78 is 0. The summed E-state index contributed by atoms with van der Waals surface area (Å²) in [4.78, 5) is 0. The number of alkyl halides is 1. The third-order valence-electron chi connectivity index (χ3n) is 3.51. The second-order valence-corrected chi connectivity index (χ2v) is 5.50. The molecule has 0 nitrogen and oxygen atoms in total. The predicted octanol–water partition coefficient (Wildman–Crippen LogP) is 4.77. The third-order valence-corrected chi connectivity index (χ3v) is 4.70. The highest BCUT2D eigenvalue weighted by Crippen LogP contribution is 2.44. The molecule has 0 heterocycles. The maximum absolute atomic E-state index is 3.71. The van der Waals surface area contributed by atoms with Gasteiger partial charge < -0.3 is 0 Å². The summed E-state index contributed by atoms with van der Waals surface area (Å²) in [7, 11) is 0. The molecule has 1 fully saturated rings. The van der Waals surface area contributed by atoms with E-state index in [9.17, 15) is 0 Å². The van der Waals surface area contributed by atoms with Crippen LogP contribution in [0, 0.1) is 11.3 Å². The van der Waals surface area contributed by atoms with E-state index in [2.05, 4.69) is 29.8 Å². The Morgan fingerprint density at radius 1 is 1.31 bits per heavy atom. The van der Waals surface area contributed by atoms with Crippen LogP contribution in [0.4, 0.5) is 0 Å². The van der Waals surface area contributed by atoms with Crippen LogP contribution in [0.5, 0.6) is 0 Å². The lowest BCUT2D eigenvalue weighted by molar-refractivity contribution is 0.256. The fourth-order valence-electron chi connectivity index (χ4n) is 2.85. The highest BCUT2D eigenvalue weighted by molar-refractivity contribution is 9.09. The lowest BCUT2D eigenvalue weighted by Crippen LogP contribution is -2.21. The minimum atomic E-state index is 0.675. The quantitative estimate of drug-likeness (QED) is 0.614. The molecule has 1 atom stereocenters. The summed E-state index contributed by atoms with van der Waals surface area (Å²) in [6, 6.07) is 0. The summed E-state index contributed by atoms with van der Waals surface area (Å²) in [5.74, 6) is 0.931. The molecule has 1 saturated carbocycles. The first-order chi connectivity index (χ1) is 6.22. The van der Waals surface area contributed by atoms with Crippen LogP contribution in [0.3, 0.4) is 0 Å². The molecule has 1 heteroatoms. The minimum Gasteiger partial charge on any atom is -0.0922 e. The van der Waals surface area contributed by atoms with Gasteiger partial charge in [-0.2, -0.15) is 0 Å². The summed E-state index contributed by atoms with van der Waals surface area (Å²) in [6.07, 6.45) is 10.1. The van der Waals surface area contributed by atoms with Gasteiger partial charge in [0.15, 0.2) is 0 Å². The van der Waals surface area contributed by atoms with Gasteiger partial charge in [0, 0.05) is 5.33 Å². The number of hydrogen-bond acceptors (Lipinski definition) is 0. The van der Waals surface area contributed by atoms with E-state index < -0.39 is 0 Å². The monoisotopic (exact) mass is 246 g/mol. The number of halogens is 1. The van der Waals surface area contributed by atoms with Crippen molar-refractivity contribution in [3.8, 4) is 0 Å². The Bertz CT molecular complexity index is 136. The molecule has 0 bridgehead atoms. The second kappa shape index (κ2) is 5.38. The van der Waals surface area contributed by atoms with Crippen LogP contribution in [0.2, 0.25) is 0 Å². The van der Waals surface area contributed by atoms with E-state index in [-0.39, 0.29) is 0 Å². The molecule has 0 radical (unpaired) electrons. The van der Waals surface area contributed by atoms with Gasteiger partial charge in [-0.3, -0.25) is 0 Å². The van der Waals surface area contributed by atoms with Crippen molar-refractivity contribution in [2.45, 2.75) is 58.8 Å². The zero-order chi connectivity index (χ0) is 9.73. The van der Waals surface area contributed by atoms with Gasteiger partial charge in [-0.15, -0.1) is 0 Å². The highest BCUT2D eigenvalue weighted by atomic mass is 79.9. The smallest absolute Gasteiger partial charge is 0.00880 e. The van der Waals surface area contributed by atoms with Crippen molar-refractivity contribution in [3.63, 3.8) is 0 Å². The Balaban J connectivity index is 2.38. The molecule has 78 valence electrons. The van der Waals surface area contributed by atoms with E-state index in [0.29, 0.717) is 5.41 Å². The minimum absolute atomic E-state index is 0.675. The molecule has 0 aromatic rings. The molecule has 0 N–H and O–H groups in total. The zero-order valence-corrected chi connectivity index (χ0v) is 10.7. The van der Waals surface area contributed by atoms with Crippen LogP contribution in [0.15, 0.2) is 0 Å². The number of rotatable bonds is 5. The molecule has 1 rings (SSSR count). The Labute approximate surface area is 91.6 Å². The lowest BCUT2D eigenvalue weighted by Gasteiger charge is -2.29. The molecule has 0 amide bonds. The Kier molecular flexibility index (Phi) is 4.78. The van der Waals surface area contributed by atoms with Crippen molar-refractivity contribution in [2.24, 2.45) is 11.3 Å². The summed E-state index contributed by atoms with van der Waals surface area (Å²) in [6.45, 7) is 4.72. The predicted molar refractivity (Wildman–Crippen MR) is 63.4 cm³/mol. The van der Waals surface area contributed by atoms with Crippen molar-refractivity contribution in [1.82, 2.24) is 0 Å². The SMILES string of the molecule is CCCC(C)CC1(CBr)CCCC1. The molecule has 0 spiro atoms. The van der Waals surface area contributed by atoms with Crippen molar-refractivity contribution < 1.29 is 0 Å². The molecule has 13 heavy (non-hydrogen) atoms. The topological polar surface area (TPSA) is 0 Å². The normalized spacial score (nSPS) is 23.3. The first-order valence-electron chi connectivity index (χ1n) is 5.78. The van der Waals surface area contributed by atoms with E-state index in [0.717, 1.165) is 5.92 Å². The molecule has 0 aromatic carbocycles. The van der Waals surface area contributed by atoms with Gasteiger partial charge in [-0.1, -0.05) is 55.5 Å². The van der Waals surface area contributed by atoms with E-state index in [1.807, 2.05) is 0 Å². The fraction of sp³-hybridized carbons (Fsp3) is 1.00. The second-order valence-electron chi connectivity index (χ2n) is 4.94. The molecule has 0 aliphatic heterocycles. The molecular weight excluding hydrogens is 224 g/mol. The van der Waals surface area contributed by atoms with Gasteiger partial charge in [0.05, 0.1) is 0 Å². The lowest BCUT2D eigenvalue weighted by atomic mass is 9.79. The van der Waals surface area contributed by atoms with Crippen LogP contribution in [-0.2, 0) is 0 Å². The first kappa shape index (κ1) is 11.6. The fourth-order valence-corrected chi connectivity index (χ4v) is 3.64. The maximum Gasteiger partial charge on any atom is 0.00880 e. The molecule has 1 unspecified atom stereocenters. The molecular formula is C12H23Br. The van der Waals surface area contributed by atoms with Crippen molar-refractivity contribution in [3.05, 3.63) is 0 Å². The largest absolute Gasteiger partial charge is 0.0922 e. The molecule has 0 aromatic heterocycles. The van der Waals surface area contributed by atoms with Gasteiger partial charge in [-0.05, 0) is 30.6 Å². The maximum atomic E-state index is 3.71. The van der Waals surface area contributed by atoms with E-state index in [1.165, 1.54) is 50.3 Å². The Morgan fingerprint density at radius 3 is 2.38 bits per heavy atom. The summed E-state index contributed by atoms with van der Waals surface area (Å²) in [5.41, 5.74) is 0.675. The van der Waals surface area contributed by atoms with Crippen molar-refractivity contribution >= 4 is 15.9 Å². The Morgan fingerprint density at radius 2 is 1.92 bits per heavy atom. The van der Waals surface area contributed by atoms with Crippen LogP contribution < -0.4 is 0 Å². The van der Waals surface area contributed by atoms with Crippen LogP contribution in [-0.4, -0.2) is 5.33 Å². The number of hydrogen-bond donors (Lipinski definition) is 0. The van der Waals surface area contributed by atoms with Gasteiger partial charge in [0.2, 0.25) is 0 Å². The average Bonchev–Trinajstić information content (AvgIpc) is 2.54. The molecule has 1 aliphatic rings. The van der Waals surface area contributed by atoms with Crippen LogP contribution >= 0.6 is 15.9 Å². The van der Waals surface area contributed by atoms with Crippen LogP contribution in [0.25, 0.3) is 0 Å². The van der Waals surface area contributed by atoms with E-state index >= 15 is 0 Å². The van der Waals surface area contributed by atoms with E-state index in [4.69, 9.17) is 0 Å². The Hall–Kier alpha value is 0.480. The molecule has 0 saturated heterocycles. The third kappa shape index (κ3) is 3.27. The van der Waals surface area contributed by atoms with Crippen molar-refractivity contribution in [1.29, 1.82) is 0 Å². The van der Waals surface area contributed by atoms with Gasteiger partial charge in [0.25, 0.3) is 0 Å². The molecule has 1 aliphatic carbocycles. The zero-order valence-electron chi connectivity index (χ0n) is 9.11. The average molecular weight is 247 g/mol. The van der Waals surface area contributed by atoms with Crippen LogP contribution in [0.1, 0.15) is 58.8 Å². The van der Waals surface area contributed by atoms with Crippen molar-refractivity contribution in [2.75, 3.05) is 5.33 Å². The van der Waals surface area contributed by atoms with Gasteiger partial charge in [-0.25, -0.2) is 0 Å².